The quantitative estimate of drug-likeness (QED) is 0.785. The summed E-state index contributed by atoms with van der Waals surface area (Å²) in [4.78, 5) is 0.0381. The van der Waals surface area contributed by atoms with Gasteiger partial charge in [0.05, 0.1) is 10.5 Å². The lowest BCUT2D eigenvalue weighted by molar-refractivity contribution is 0.579. The number of aryl methyl sites for hydroxylation is 1. The van der Waals surface area contributed by atoms with E-state index in [0.29, 0.717) is 12.1 Å². The normalized spacial score (nSPS) is 10.5. The zero-order chi connectivity index (χ0) is 12.9. The van der Waals surface area contributed by atoms with Crippen molar-refractivity contribution < 1.29 is 8.42 Å². The van der Waals surface area contributed by atoms with Crippen LogP contribution < -0.4 is 10.0 Å². The summed E-state index contributed by atoms with van der Waals surface area (Å²) >= 11 is 0. The number of benzene rings is 1. The molecule has 1 rings (SSSR count). The van der Waals surface area contributed by atoms with Gasteiger partial charge in [-0.1, -0.05) is 12.1 Å². The van der Waals surface area contributed by atoms with E-state index in [2.05, 4.69) is 10.0 Å². The fourth-order valence-electron chi connectivity index (χ4n) is 1.40. The molecule has 0 bridgehead atoms. The number of nitrogens with zero attached hydrogens (tertiary/aromatic N) is 1. The lowest BCUT2D eigenvalue weighted by Gasteiger charge is -2.09. The molecular formula is C11H16ClN3O2S. The molecule has 0 unspecified atom stereocenters. The van der Waals surface area contributed by atoms with Crippen molar-refractivity contribution in [1.82, 2.24) is 10.0 Å². The second kappa shape index (κ2) is 7.34. The SMILES string of the molecule is CNCCNS(=O)(=O)c1cccc(C)c1C#N.Cl. The highest BCUT2D eigenvalue weighted by Gasteiger charge is 2.18. The number of nitriles is 1. The van der Waals surface area contributed by atoms with Crippen LogP contribution in [-0.4, -0.2) is 28.6 Å². The van der Waals surface area contributed by atoms with Crippen molar-refractivity contribution in [2.24, 2.45) is 0 Å². The Balaban J connectivity index is 0.00000289. The van der Waals surface area contributed by atoms with Gasteiger partial charge in [0.15, 0.2) is 0 Å². The molecule has 18 heavy (non-hydrogen) atoms. The number of halogens is 1. The van der Waals surface area contributed by atoms with Crippen LogP contribution in [0, 0.1) is 18.3 Å². The summed E-state index contributed by atoms with van der Waals surface area (Å²) in [5.74, 6) is 0. The van der Waals surface area contributed by atoms with E-state index in [1.54, 1.807) is 26.1 Å². The minimum Gasteiger partial charge on any atom is -0.318 e. The van der Waals surface area contributed by atoms with Gasteiger partial charge in [-0.2, -0.15) is 5.26 Å². The molecular weight excluding hydrogens is 274 g/mol. The molecule has 7 heteroatoms. The van der Waals surface area contributed by atoms with Crippen molar-refractivity contribution in [3.05, 3.63) is 29.3 Å². The Morgan fingerprint density at radius 1 is 1.33 bits per heavy atom. The zero-order valence-corrected chi connectivity index (χ0v) is 11.9. The third-order valence-electron chi connectivity index (χ3n) is 2.30. The number of sulfonamides is 1. The maximum Gasteiger partial charge on any atom is 0.241 e. The molecule has 0 amide bonds. The van der Waals surface area contributed by atoms with Crippen LogP contribution in [0.4, 0.5) is 0 Å². The molecule has 0 saturated carbocycles. The Bertz CT molecular complexity index is 538. The summed E-state index contributed by atoms with van der Waals surface area (Å²) in [5.41, 5.74) is 0.855. The van der Waals surface area contributed by atoms with E-state index in [4.69, 9.17) is 5.26 Å². The Labute approximate surface area is 114 Å². The summed E-state index contributed by atoms with van der Waals surface area (Å²) in [6, 6.07) is 6.70. The maximum atomic E-state index is 11.9. The third kappa shape index (κ3) is 3.96. The molecule has 0 saturated heterocycles. The Morgan fingerprint density at radius 2 is 2.00 bits per heavy atom. The predicted molar refractivity (Wildman–Crippen MR) is 72.3 cm³/mol. The van der Waals surface area contributed by atoms with Crippen LogP contribution in [0.1, 0.15) is 11.1 Å². The molecule has 0 aliphatic rings. The van der Waals surface area contributed by atoms with Crippen molar-refractivity contribution in [2.75, 3.05) is 20.1 Å². The smallest absolute Gasteiger partial charge is 0.241 e. The minimum absolute atomic E-state index is 0. The monoisotopic (exact) mass is 289 g/mol. The molecule has 0 spiro atoms. The molecule has 0 radical (unpaired) electrons. The number of likely N-dealkylation sites (N-methyl/N-ethyl adjacent to an activating group) is 1. The van der Waals surface area contributed by atoms with E-state index in [0.717, 1.165) is 0 Å². The van der Waals surface area contributed by atoms with Gasteiger partial charge in [0, 0.05) is 13.1 Å². The van der Waals surface area contributed by atoms with Gasteiger partial charge in [-0.25, -0.2) is 13.1 Å². The van der Waals surface area contributed by atoms with Crippen LogP contribution >= 0.6 is 12.4 Å². The van der Waals surface area contributed by atoms with E-state index in [-0.39, 0.29) is 29.4 Å². The van der Waals surface area contributed by atoms with Gasteiger partial charge in [0.1, 0.15) is 6.07 Å². The molecule has 1 aromatic rings. The van der Waals surface area contributed by atoms with Crippen molar-refractivity contribution >= 4 is 22.4 Å². The Morgan fingerprint density at radius 3 is 2.56 bits per heavy atom. The summed E-state index contributed by atoms with van der Waals surface area (Å²) in [5, 5.41) is 11.8. The van der Waals surface area contributed by atoms with E-state index in [1.807, 2.05) is 6.07 Å². The fraction of sp³-hybridized carbons (Fsp3) is 0.364. The number of rotatable bonds is 5. The van der Waals surface area contributed by atoms with Gasteiger partial charge in [-0.05, 0) is 25.6 Å². The first-order valence-electron chi connectivity index (χ1n) is 5.17. The summed E-state index contributed by atoms with van der Waals surface area (Å²) < 4.78 is 26.3. The fourth-order valence-corrected chi connectivity index (χ4v) is 2.66. The highest BCUT2D eigenvalue weighted by Crippen LogP contribution is 2.17. The van der Waals surface area contributed by atoms with Crippen molar-refractivity contribution in [1.29, 1.82) is 5.26 Å². The Kier molecular flexibility index (Phi) is 6.88. The van der Waals surface area contributed by atoms with Gasteiger partial charge in [-0.15, -0.1) is 12.4 Å². The van der Waals surface area contributed by atoms with Gasteiger partial charge in [0.25, 0.3) is 0 Å². The standard InChI is InChI=1S/C11H15N3O2S.ClH/c1-9-4-3-5-11(10(9)8-12)17(15,16)14-7-6-13-2;/h3-5,13-14H,6-7H2,1-2H3;1H. The molecule has 0 heterocycles. The molecule has 0 aliphatic heterocycles. The molecule has 1 aromatic carbocycles. The molecule has 0 aliphatic carbocycles. The lowest BCUT2D eigenvalue weighted by atomic mass is 10.1. The number of nitrogens with one attached hydrogen (secondary N) is 2. The molecule has 0 fully saturated rings. The summed E-state index contributed by atoms with van der Waals surface area (Å²) in [7, 11) is -1.87. The molecule has 0 atom stereocenters. The van der Waals surface area contributed by atoms with Crippen LogP contribution in [0.15, 0.2) is 23.1 Å². The summed E-state index contributed by atoms with van der Waals surface area (Å²) in [6.45, 7) is 2.54. The van der Waals surface area contributed by atoms with Crippen LogP contribution in [0.5, 0.6) is 0 Å². The summed E-state index contributed by atoms with van der Waals surface area (Å²) in [6.07, 6.45) is 0. The van der Waals surface area contributed by atoms with Gasteiger partial charge in [-0.3, -0.25) is 0 Å². The van der Waals surface area contributed by atoms with Gasteiger partial charge in [0.2, 0.25) is 10.0 Å². The van der Waals surface area contributed by atoms with E-state index < -0.39 is 10.0 Å². The van der Waals surface area contributed by atoms with Crippen molar-refractivity contribution in [3.63, 3.8) is 0 Å². The highest BCUT2D eigenvalue weighted by molar-refractivity contribution is 7.89. The first-order valence-corrected chi connectivity index (χ1v) is 6.65. The number of hydrogen-bond donors (Lipinski definition) is 2. The molecule has 0 aromatic heterocycles. The second-order valence-electron chi connectivity index (χ2n) is 3.56. The van der Waals surface area contributed by atoms with Crippen molar-refractivity contribution in [2.45, 2.75) is 11.8 Å². The number of hydrogen-bond acceptors (Lipinski definition) is 4. The van der Waals surface area contributed by atoms with Crippen LogP contribution in [0.2, 0.25) is 0 Å². The highest BCUT2D eigenvalue weighted by atomic mass is 35.5. The first-order chi connectivity index (χ1) is 8.03. The van der Waals surface area contributed by atoms with Crippen LogP contribution in [-0.2, 0) is 10.0 Å². The minimum atomic E-state index is -3.61. The second-order valence-corrected chi connectivity index (χ2v) is 5.30. The largest absolute Gasteiger partial charge is 0.318 e. The molecule has 5 nitrogen and oxygen atoms in total. The first kappa shape index (κ1) is 16.9. The van der Waals surface area contributed by atoms with E-state index in [1.165, 1.54) is 6.07 Å². The molecule has 2 N–H and O–H groups in total. The van der Waals surface area contributed by atoms with Crippen LogP contribution in [0.3, 0.4) is 0 Å². The van der Waals surface area contributed by atoms with E-state index in [9.17, 15) is 8.42 Å². The predicted octanol–water partition coefficient (Wildman–Crippen LogP) is 0.786. The van der Waals surface area contributed by atoms with Crippen molar-refractivity contribution in [3.8, 4) is 6.07 Å². The van der Waals surface area contributed by atoms with Gasteiger partial charge >= 0.3 is 0 Å². The Hall–Kier alpha value is -1.13. The average molecular weight is 290 g/mol. The zero-order valence-electron chi connectivity index (χ0n) is 10.2. The van der Waals surface area contributed by atoms with Crippen LogP contribution in [0.25, 0.3) is 0 Å². The van der Waals surface area contributed by atoms with E-state index >= 15 is 0 Å². The lowest BCUT2D eigenvalue weighted by Crippen LogP contribution is -2.31. The van der Waals surface area contributed by atoms with Gasteiger partial charge < -0.3 is 5.32 Å². The average Bonchev–Trinajstić information content (AvgIpc) is 2.29. The third-order valence-corrected chi connectivity index (χ3v) is 3.81. The maximum absolute atomic E-state index is 11.9. The molecule has 100 valence electrons. The topological polar surface area (TPSA) is 82.0 Å².